The lowest BCUT2D eigenvalue weighted by Crippen LogP contribution is -2.36. The molecule has 0 radical (unpaired) electrons. The highest BCUT2D eigenvalue weighted by Crippen LogP contribution is 2.45. The molecule has 0 saturated carbocycles. The van der Waals surface area contributed by atoms with Gasteiger partial charge in [-0.05, 0) is 49.7 Å². The third kappa shape index (κ3) is 4.07. The van der Waals surface area contributed by atoms with Crippen LogP contribution < -0.4 is 9.64 Å². The van der Waals surface area contributed by atoms with Crippen molar-refractivity contribution in [3.05, 3.63) is 88.5 Å². The number of alkyl halides is 3. The minimum absolute atomic E-state index is 0.299. The first kappa shape index (κ1) is 23.2. The fraction of sp³-hybridized carbons (Fsp3) is 0.200. The summed E-state index contributed by atoms with van der Waals surface area (Å²) in [6, 6.07) is 12.0. The summed E-state index contributed by atoms with van der Waals surface area (Å²) >= 11 is 0. The summed E-state index contributed by atoms with van der Waals surface area (Å²) < 4.78 is 74.4. The van der Waals surface area contributed by atoms with Crippen molar-refractivity contribution in [1.29, 1.82) is 5.26 Å². The molecule has 9 heteroatoms. The summed E-state index contributed by atoms with van der Waals surface area (Å²) in [5, 5.41) is 9.20. The molecule has 0 N–H and O–H groups in total. The van der Waals surface area contributed by atoms with Crippen LogP contribution in [0.15, 0.2) is 54.6 Å². The first-order chi connectivity index (χ1) is 15.9. The van der Waals surface area contributed by atoms with E-state index in [-0.39, 0.29) is 17.1 Å². The van der Waals surface area contributed by atoms with Gasteiger partial charge in [0, 0.05) is 29.4 Å². The summed E-state index contributed by atoms with van der Waals surface area (Å²) in [7, 11) is 0. The molecule has 0 aromatic heterocycles. The molecule has 34 heavy (non-hydrogen) atoms. The van der Waals surface area contributed by atoms with Crippen molar-refractivity contribution in [3.63, 3.8) is 0 Å². The van der Waals surface area contributed by atoms with E-state index in [4.69, 9.17) is 4.74 Å². The molecule has 3 aromatic rings. The van der Waals surface area contributed by atoms with Crippen LogP contribution in [0.5, 0.6) is 11.5 Å². The van der Waals surface area contributed by atoms with E-state index in [1.165, 1.54) is 29.2 Å². The molecule has 0 atom stereocenters. The number of hydrogen-bond donors (Lipinski definition) is 0. The number of anilines is 1. The summed E-state index contributed by atoms with van der Waals surface area (Å²) in [6.07, 6.45) is -4.78. The van der Waals surface area contributed by atoms with Crippen LogP contribution in [-0.4, -0.2) is 5.91 Å². The van der Waals surface area contributed by atoms with Gasteiger partial charge in [0.25, 0.3) is 0 Å². The van der Waals surface area contributed by atoms with Gasteiger partial charge in [-0.2, -0.15) is 18.4 Å². The average Bonchev–Trinajstić information content (AvgIpc) is 2.93. The summed E-state index contributed by atoms with van der Waals surface area (Å²) in [4.78, 5) is 14.4. The van der Waals surface area contributed by atoms with E-state index in [1.54, 1.807) is 13.8 Å². The van der Waals surface area contributed by atoms with Crippen LogP contribution in [-0.2, 0) is 22.9 Å². The van der Waals surface area contributed by atoms with Crippen LogP contribution in [0.1, 0.15) is 36.1 Å². The molecule has 0 bridgehead atoms. The highest BCUT2D eigenvalue weighted by atomic mass is 19.4. The van der Waals surface area contributed by atoms with Crippen LogP contribution >= 0.6 is 0 Å². The fourth-order valence-electron chi connectivity index (χ4n) is 4.02. The number of halogens is 5. The van der Waals surface area contributed by atoms with Gasteiger partial charge in [0.2, 0.25) is 5.91 Å². The van der Waals surface area contributed by atoms with E-state index >= 15 is 0 Å². The minimum atomic E-state index is -4.78. The molecule has 0 fully saturated rings. The summed E-state index contributed by atoms with van der Waals surface area (Å²) in [6.45, 7) is 2.74. The molecular weight excluding hydrogens is 455 g/mol. The van der Waals surface area contributed by atoms with Gasteiger partial charge < -0.3 is 9.64 Å². The summed E-state index contributed by atoms with van der Waals surface area (Å²) in [5.74, 6) is -3.00. The molecule has 0 unspecified atom stereocenters. The Balaban J connectivity index is 1.83. The quantitative estimate of drug-likeness (QED) is 0.409. The number of fused-ring (bicyclic) bond motifs is 1. The predicted molar refractivity (Wildman–Crippen MR) is 113 cm³/mol. The minimum Gasteiger partial charge on any atom is -0.457 e. The highest BCUT2D eigenvalue weighted by Gasteiger charge is 2.45. The number of nitrogens with zero attached hydrogens (tertiary/aromatic N) is 2. The number of hydrogen-bond acceptors (Lipinski definition) is 3. The monoisotopic (exact) mass is 472 g/mol. The van der Waals surface area contributed by atoms with Crippen molar-refractivity contribution in [3.8, 4) is 17.6 Å². The standard InChI is InChI=1S/C25H17F5N2O2/c1-24(2)20-8-14(12-31)6-7-21(20)32(23(24)33)13-18-19(25(28,29)30)4-3-5-22(18)34-17-10-15(26)9-16(27)11-17/h3-11H,13H2,1-2H3. The third-order valence-corrected chi connectivity index (χ3v) is 5.69. The third-order valence-electron chi connectivity index (χ3n) is 5.69. The Bertz CT molecular complexity index is 1320. The van der Waals surface area contributed by atoms with Gasteiger partial charge in [0.1, 0.15) is 23.1 Å². The van der Waals surface area contributed by atoms with Gasteiger partial charge in [0.05, 0.1) is 29.2 Å². The topological polar surface area (TPSA) is 53.3 Å². The summed E-state index contributed by atoms with van der Waals surface area (Å²) in [5.41, 5.74) is -1.31. The van der Waals surface area contributed by atoms with E-state index < -0.39 is 41.2 Å². The zero-order chi connectivity index (χ0) is 24.8. The van der Waals surface area contributed by atoms with E-state index in [9.17, 15) is 32.0 Å². The van der Waals surface area contributed by atoms with Gasteiger partial charge in [-0.1, -0.05) is 6.07 Å². The fourth-order valence-corrected chi connectivity index (χ4v) is 4.02. The molecule has 1 heterocycles. The zero-order valence-electron chi connectivity index (χ0n) is 18.0. The molecule has 1 aliphatic rings. The normalized spacial score (nSPS) is 14.6. The first-order valence-electron chi connectivity index (χ1n) is 10.1. The molecule has 1 aliphatic heterocycles. The van der Waals surface area contributed by atoms with Gasteiger partial charge in [-0.25, -0.2) is 8.78 Å². The van der Waals surface area contributed by atoms with Gasteiger partial charge in [-0.3, -0.25) is 4.79 Å². The Morgan fingerprint density at radius 2 is 1.71 bits per heavy atom. The second kappa shape index (κ2) is 8.13. The maximum absolute atomic E-state index is 13.9. The van der Waals surface area contributed by atoms with Gasteiger partial charge >= 0.3 is 6.18 Å². The second-order valence-electron chi connectivity index (χ2n) is 8.35. The van der Waals surface area contributed by atoms with E-state index in [2.05, 4.69) is 0 Å². The molecule has 1 amide bonds. The number of carbonyl (C=O) groups is 1. The van der Waals surface area contributed by atoms with Gasteiger partial charge in [0.15, 0.2) is 0 Å². The van der Waals surface area contributed by atoms with Crippen molar-refractivity contribution in [2.24, 2.45) is 0 Å². The Morgan fingerprint density at radius 1 is 1.03 bits per heavy atom. The lowest BCUT2D eigenvalue weighted by atomic mass is 9.85. The van der Waals surface area contributed by atoms with E-state index in [0.29, 0.717) is 22.9 Å². The van der Waals surface area contributed by atoms with Crippen LogP contribution in [0.2, 0.25) is 0 Å². The van der Waals surface area contributed by atoms with Crippen LogP contribution in [0.25, 0.3) is 0 Å². The Kier molecular flexibility index (Phi) is 5.56. The number of rotatable bonds is 4. The maximum Gasteiger partial charge on any atom is 0.416 e. The molecule has 4 nitrogen and oxygen atoms in total. The number of benzene rings is 3. The van der Waals surface area contributed by atoms with Gasteiger partial charge in [-0.15, -0.1) is 0 Å². The van der Waals surface area contributed by atoms with Crippen molar-refractivity contribution < 1.29 is 31.5 Å². The number of amides is 1. The van der Waals surface area contributed by atoms with Crippen LogP contribution in [0.4, 0.5) is 27.6 Å². The molecule has 0 saturated heterocycles. The van der Waals surface area contributed by atoms with E-state index in [1.807, 2.05) is 6.07 Å². The molecule has 0 aliphatic carbocycles. The molecule has 0 spiro atoms. The van der Waals surface area contributed by atoms with Crippen LogP contribution in [0.3, 0.4) is 0 Å². The first-order valence-corrected chi connectivity index (χ1v) is 10.1. The Labute approximate surface area is 191 Å². The largest absolute Gasteiger partial charge is 0.457 e. The van der Waals surface area contributed by atoms with Crippen molar-refractivity contribution in [2.75, 3.05) is 4.90 Å². The highest BCUT2D eigenvalue weighted by molar-refractivity contribution is 6.07. The van der Waals surface area contributed by atoms with Crippen molar-refractivity contribution in [2.45, 2.75) is 32.0 Å². The predicted octanol–water partition coefficient (Wildman–Crippen LogP) is 6.47. The lowest BCUT2D eigenvalue weighted by Gasteiger charge is -2.24. The zero-order valence-corrected chi connectivity index (χ0v) is 18.0. The smallest absolute Gasteiger partial charge is 0.416 e. The molecule has 4 rings (SSSR count). The van der Waals surface area contributed by atoms with Crippen molar-refractivity contribution >= 4 is 11.6 Å². The molecule has 174 valence electrons. The SMILES string of the molecule is CC1(C)C(=O)N(Cc2c(Oc3cc(F)cc(F)c3)cccc2C(F)(F)F)c2ccc(C#N)cc21. The van der Waals surface area contributed by atoms with Crippen LogP contribution in [0, 0.1) is 23.0 Å². The number of carbonyl (C=O) groups excluding carboxylic acids is 1. The van der Waals surface area contributed by atoms with E-state index in [0.717, 1.165) is 24.3 Å². The average molecular weight is 472 g/mol. The molecule has 3 aromatic carbocycles. The number of ether oxygens (including phenoxy) is 1. The Hall–Kier alpha value is -3.93. The number of nitriles is 1. The lowest BCUT2D eigenvalue weighted by molar-refractivity contribution is -0.138. The second-order valence-corrected chi connectivity index (χ2v) is 8.35. The van der Waals surface area contributed by atoms with Crippen molar-refractivity contribution in [1.82, 2.24) is 0 Å². The maximum atomic E-state index is 13.9. The molecular formula is C25H17F5N2O2. The Morgan fingerprint density at radius 3 is 2.32 bits per heavy atom.